The summed E-state index contributed by atoms with van der Waals surface area (Å²) in [7, 11) is 1.55. The Morgan fingerprint density at radius 3 is 2.96 bits per heavy atom. The molecule has 0 bridgehead atoms. The van der Waals surface area contributed by atoms with Crippen LogP contribution in [0.2, 0.25) is 0 Å². The van der Waals surface area contributed by atoms with Gasteiger partial charge in [-0.05, 0) is 32.4 Å². The van der Waals surface area contributed by atoms with Gasteiger partial charge in [0.1, 0.15) is 6.61 Å². The van der Waals surface area contributed by atoms with Gasteiger partial charge in [0.15, 0.2) is 11.5 Å². The van der Waals surface area contributed by atoms with Crippen molar-refractivity contribution in [1.29, 1.82) is 0 Å². The van der Waals surface area contributed by atoms with Crippen LogP contribution in [0.4, 0.5) is 13.2 Å². The maximum Gasteiger partial charge on any atom is 0.435 e. The molecule has 0 spiro atoms. The first-order valence-electron chi connectivity index (χ1n) is 8.06. The second-order valence-electron chi connectivity index (χ2n) is 6.20. The smallest absolute Gasteiger partial charge is 0.377 e. The van der Waals surface area contributed by atoms with Gasteiger partial charge in [-0.1, -0.05) is 5.16 Å². The average Bonchev–Trinajstić information content (AvgIpc) is 3.24. The number of alkyl halides is 3. The Kier molecular flexibility index (Phi) is 5.09. The van der Waals surface area contributed by atoms with Gasteiger partial charge in [0, 0.05) is 25.3 Å². The van der Waals surface area contributed by atoms with Crippen molar-refractivity contribution < 1.29 is 22.4 Å². The van der Waals surface area contributed by atoms with E-state index < -0.39 is 11.9 Å². The Balaban J connectivity index is 1.68. The van der Waals surface area contributed by atoms with Gasteiger partial charge in [-0.2, -0.15) is 23.3 Å². The lowest BCUT2D eigenvalue weighted by Crippen LogP contribution is -2.36. The molecule has 1 aliphatic heterocycles. The Morgan fingerprint density at radius 1 is 1.48 bits per heavy atom. The van der Waals surface area contributed by atoms with Crippen molar-refractivity contribution in [1.82, 2.24) is 25.2 Å². The zero-order chi connectivity index (χ0) is 18.0. The molecule has 0 radical (unpaired) electrons. The Bertz CT molecular complexity index is 699. The lowest BCUT2D eigenvalue weighted by Gasteiger charge is -2.34. The molecule has 1 fully saturated rings. The number of halogens is 3. The van der Waals surface area contributed by atoms with Gasteiger partial charge in [0.05, 0.1) is 6.04 Å². The molecule has 0 aromatic carbocycles. The minimum absolute atomic E-state index is 0.0406. The van der Waals surface area contributed by atoms with E-state index in [2.05, 4.69) is 25.2 Å². The van der Waals surface area contributed by atoms with E-state index in [1.54, 1.807) is 7.11 Å². The molecule has 1 N–H and O–H groups in total. The molecule has 0 amide bonds. The molecule has 1 aliphatic rings. The van der Waals surface area contributed by atoms with E-state index in [0.717, 1.165) is 25.5 Å². The minimum Gasteiger partial charge on any atom is -0.377 e. The average molecular weight is 359 g/mol. The first-order valence-corrected chi connectivity index (χ1v) is 8.06. The van der Waals surface area contributed by atoms with Crippen molar-refractivity contribution >= 4 is 0 Å². The van der Waals surface area contributed by atoms with Gasteiger partial charge in [-0.25, -0.2) is 0 Å². The highest BCUT2D eigenvalue weighted by molar-refractivity contribution is 5.16. The van der Waals surface area contributed by atoms with Crippen LogP contribution in [0.1, 0.15) is 54.8 Å². The summed E-state index contributed by atoms with van der Waals surface area (Å²) in [6, 6.07) is 0.980. The SMILES string of the molecule is COCc1noc(C(C)N2CCCC(c3cc(C(F)(F)F)n[nH]3)C2)n1. The third-order valence-electron chi connectivity index (χ3n) is 4.44. The molecule has 0 saturated carbocycles. The summed E-state index contributed by atoms with van der Waals surface area (Å²) in [6.45, 7) is 3.64. The topological polar surface area (TPSA) is 80.1 Å². The molecule has 7 nitrogen and oxygen atoms in total. The normalized spacial score (nSPS) is 20.8. The summed E-state index contributed by atoms with van der Waals surface area (Å²) in [4.78, 5) is 6.43. The van der Waals surface area contributed by atoms with Crippen LogP contribution in [0.15, 0.2) is 10.6 Å². The predicted octanol–water partition coefficient (Wildman–Crippen LogP) is 2.90. The molecular weight excluding hydrogens is 339 g/mol. The first kappa shape index (κ1) is 17.9. The first-order chi connectivity index (χ1) is 11.9. The summed E-state index contributed by atoms with van der Waals surface area (Å²) in [5.74, 6) is 0.913. The van der Waals surface area contributed by atoms with E-state index in [1.165, 1.54) is 0 Å². The number of hydrogen-bond acceptors (Lipinski definition) is 6. The van der Waals surface area contributed by atoms with Crippen LogP contribution >= 0.6 is 0 Å². The van der Waals surface area contributed by atoms with E-state index in [-0.39, 0.29) is 18.6 Å². The fourth-order valence-corrected chi connectivity index (χ4v) is 3.08. The summed E-state index contributed by atoms with van der Waals surface area (Å²) in [5, 5.41) is 9.78. The maximum atomic E-state index is 12.7. The van der Waals surface area contributed by atoms with Crippen LogP contribution in [0.25, 0.3) is 0 Å². The van der Waals surface area contributed by atoms with Crippen molar-refractivity contribution in [3.05, 3.63) is 29.2 Å². The molecule has 2 aromatic rings. The minimum atomic E-state index is -4.43. The van der Waals surface area contributed by atoms with E-state index in [0.29, 0.717) is 24.0 Å². The van der Waals surface area contributed by atoms with Crippen LogP contribution in [0.5, 0.6) is 0 Å². The Labute approximate surface area is 142 Å². The number of aromatic amines is 1. The second kappa shape index (κ2) is 7.12. The zero-order valence-corrected chi connectivity index (χ0v) is 14.0. The molecule has 3 heterocycles. The van der Waals surface area contributed by atoms with Crippen molar-refractivity contribution in [2.75, 3.05) is 20.2 Å². The van der Waals surface area contributed by atoms with Gasteiger partial charge >= 0.3 is 6.18 Å². The summed E-state index contributed by atoms with van der Waals surface area (Å²) in [6.07, 6.45) is -2.76. The van der Waals surface area contributed by atoms with Crippen molar-refractivity contribution in [3.63, 3.8) is 0 Å². The molecule has 2 atom stereocenters. The highest BCUT2D eigenvalue weighted by Crippen LogP contribution is 2.34. The van der Waals surface area contributed by atoms with Gasteiger partial charge in [0.2, 0.25) is 5.89 Å². The number of piperidine rings is 1. The fraction of sp³-hybridized carbons (Fsp3) is 0.667. The maximum absolute atomic E-state index is 12.7. The molecule has 3 rings (SSSR count). The summed E-state index contributed by atoms with van der Waals surface area (Å²) in [5.41, 5.74) is -0.372. The number of rotatable bonds is 5. The standard InChI is InChI=1S/C15H20F3N5O2/c1-9(14-19-13(8-24-2)22-25-14)23-5-3-4-10(7-23)11-6-12(21-20-11)15(16,17)18/h6,9-10H,3-5,7-8H2,1-2H3,(H,20,21). The molecule has 1 saturated heterocycles. The van der Waals surface area contributed by atoms with E-state index in [1.807, 2.05) is 6.92 Å². The quantitative estimate of drug-likeness (QED) is 0.884. The predicted molar refractivity (Wildman–Crippen MR) is 80.6 cm³/mol. The lowest BCUT2D eigenvalue weighted by molar-refractivity contribution is -0.141. The number of nitrogens with zero attached hydrogens (tertiary/aromatic N) is 4. The molecule has 25 heavy (non-hydrogen) atoms. The van der Waals surface area contributed by atoms with E-state index in [9.17, 15) is 13.2 Å². The molecule has 10 heteroatoms. The number of methoxy groups -OCH3 is 1. The number of hydrogen-bond donors (Lipinski definition) is 1. The van der Waals surface area contributed by atoms with Gasteiger partial charge < -0.3 is 9.26 Å². The highest BCUT2D eigenvalue weighted by atomic mass is 19.4. The molecule has 138 valence electrons. The zero-order valence-electron chi connectivity index (χ0n) is 14.0. The van der Waals surface area contributed by atoms with Crippen LogP contribution < -0.4 is 0 Å². The monoisotopic (exact) mass is 359 g/mol. The highest BCUT2D eigenvalue weighted by Gasteiger charge is 2.35. The number of aromatic nitrogens is 4. The lowest BCUT2D eigenvalue weighted by atomic mass is 9.93. The number of H-pyrrole nitrogens is 1. The van der Waals surface area contributed by atoms with Crippen molar-refractivity contribution in [3.8, 4) is 0 Å². The third kappa shape index (κ3) is 4.01. The number of likely N-dealkylation sites (tertiary alicyclic amines) is 1. The van der Waals surface area contributed by atoms with E-state index >= 15 is 0 Å². The van der Waals surface area contributed by atoms with Crippen molar-refractivity contribution in [2.45, 2.75) is 44.5 Å². The van der Waals surface area contributed by atoms with E-state index in [4.69, 9.17) is 9.26 Å². The molecule has 2 unspecified atom stereocenters. The summed E-state index contributed by atoms with van der Waals surface area (Å²) < 4.78 is 48.4. The van der Waals surface area contributed by atoms with Crippen LogP contribution in [0, 0.1) is 0 Å². The van der Waals surface area contributed by atoms with Crippen molar-refractivity contribution in [2.24, 2.45) is 0 Å². The third-order valence-corrected chi connectivity index (χ3v) is 4.44. The van der Waals surface area contributed by atoms with Crippen LogP contribution in [-0.4, -0.2) is 45.4 Å². The number of nitrogens with one attached hydrogen (secondary N) is 1. The summed E-state index contributed by atoms with van der Waals surface area (Å²) >= 11 is 0. The molecule has 2 aromatic heterocycles. The fourth-order valence-electron chi connectivity index (χ4n) is 3.08. The van der Waals surface area contributed by atoms with Gasteiger partial charge in [-0.3, -0.25) is 10.00 Å². The number of ether oxygens (including phenoxy) is 1. The van der Waals surface area contributed by atoms with Gasteiger partial charge in [0.25, 0.3) is 0 Å². The second-order valence-corrected chi connectivity index (χ2v) is 6.20. The Hall–Kier alpha value is -1.94. The molecule has 0 aliphatic carbocycles. The van der Waals surface area contributed by atoms with Crippen LogP contribution in [0.3, 0.4) is 0 Å². The molecular formula is C15H20F3N5O2. The van der Waals surface area contributed by atoms with Gasteiger partial charge in [-0.15, -0.1) is 0 Å². The Morgan fingerprint density at radius 2 is 2.28 bits per heavy atom. The largest absolute Gasteiger partial charge is 0.435 e. The van der Waals surface area contributed by atoms with Crippen LogP contribution in [-0.2, 0) is 17.5 Å².